The topological polar surface area (TPSA) is 114 Å². The van der Waals surface area contributed by atoms with Crippen LogP contribution in [-0.4, -0.2) is 60.9 Å². The van der Waals surface area contributed by atoms with Gasteiger partial charge in [0.25, 0.3) is 0 Å². The van der Waals surface area contributed by atoms with E-state index in [0.29, 0.717) is 12.8 Å². The third-order valence-electron chi connectivity index (χ3n) is 5.93. The number of esters is 2. The molecule has 0 aliphatic heterocycles. The van der Waals surface area contributed by atoms with Gasteiger partial charge in [-0.15, -0.1) is 0 Å². The molecule has 0 saturated carbocycles. The van der Waals surface area contributed by atoms with Crippen LogP contribution in [0.1, 0.15) is 51.7 Å². The van der Waals surface area contributed by atoms with Crippen LogP contribution in [0.2, 0.25) is 0 Å². The average Bonchev–Trinajstić information content (AvgIpc) is 2.90. The number of nitrogens with zero attached hydrogens (tertiary/aromatic N) is 1. The molecule has 40 heavy (non-hydrogen) atoms. The van der Waals surface area contributed by atoms with E-state index in [9.17, 15) is 19.2 Å². The van der Waals surface area contributed by atoms with E-state index < -0.39 is 35.8 Å². The first-order valence-electron chi connectivity index (χ1n) is 13.7. The Balaban J connectivity index is 1.86. The van der Waals surface area contributed by atoms with Crippen LogP contribution in [0.5, 0.6) is 0 Å². The molecule has 0 fully saturated rings. The highest BCUT2D eigenvalue weighted by atomic mass is 16.5. The second-order valence-corrected chi connectivity index (χ2v) is 10.9. The van der Waals surface area contributed by atoms with Crippen LogP contribution in [-0.2, 0) is 41.9 Å². The van der Waals surface area contributed by atoms with Crippen molar-refractivity contribution in [1.82, 2.24) is 15.5 Å². The van der Waals surface area contributed by atoms with Gasteiger partial charge in [-0.3, -0.25) is 14.5 Å². The van der Waals surface area contributed by atoms with Gasteiger partial charge < -0.3 is 20.1 Å². The van der Waals surface area contributed by atoms with Crippen molar-refractivity contribution in [2.45, 2.75) is 65.8 Å². The molecule has 0 aliphatic carbocycles. The first kappa shape index (κ1) is 32.5. The maximum Gasteiger partial charge on any atom is 0.328 e. The molecular weight excluding hydrogens is 510 g/mol. The minimum absolute atomic E-state index is 0.110. The standard InChI is InChI=1S/C31H43N3O6/c1-22(2)16-26(30(37)39-20-24-12-8-6-9-13-24)32-28(35)18-34(5)19-29(36)33-27(17-23(3)4)31(38)40-21-25-14-10-7-11-15-25/h6-15,22-23,26-27H,16-21H2,1-5H3,(H,32,35)(H,33,36)/t26-,27-/m0/s1. The van der Waals surface area contributed by atoms with Gasteiger partial charge in [-0.25, -0.2) is 9.59 Å². The maximum absolute atomic E-state index is 12.7. The summed E-state index contributed by atoms with van der Waals surface area (Å²) in [5.74, 6) is -1.51. The molecule has 2 N–H and O–H groups in total. The highest BCUT2D eigenvalue weighted by Gasteiger charge is 2.26. The number of hydrogen-bond acceptors (Lipinski definition) is 7. The summed E-state index contributed by atoms with van der Waals surface area (Å²) >= 11 is 0. The van der Waals surface area contributed by atoms with E-state index in [4.69, 9.17) is 9.47 Å². The fourth-order valence-electron chi connectivity index (χ4n) is 4.06. The number of rotatable bonds is 16. The van der Waals surface area contributed by atoms with Crippen molar-refractivity contribution in [3.8, 4) is 0 Å². The van der Waals surface area contributed by atoms with Crippen molar-refractivity contribution in [2.24, 2.45) is 11.8 Å². The van der Waals surface area contributed by atoms with Crippen molar-refractivity contribution < 1.29 is 28.7 Å². The SMILES string of the molecule is CC(C)C[C@H](NC(=O)CN(C)CC(=O)N[C@@H](CC(C)C)C(=O)OCc1ccccc1)C(=O)OCc1ccccc1. The van der Waals surface area contributed by atoms with Crippen LogP contribution in [0.25, 0.3) is 0 Å². The molecule has 0 spiro atoms. The van der Waals surface area contributed by atoms with E-state index in [0.717, 1.165) is 11.1 Å². The number of nitrogens with one attached hydrogen (secondary N) is 2. The summed E-state index contributed by atoms with van der Waals surface area (Å²) in [5.41, 5.74) is 1.71. The first-order chi connectivity index (χ1) is 19.0. The largest absolute Gasteiger partial charge is 0.459 e. The summed E-state index contributed by atoms with van der Waals surface area (Å²) in [6.45, 7) is 7.85. The normalized spacial score (nSPS) is 12.6. The number of amides is 2. The Hall–Kier alpha value is -3.72. The Morgan fingerprint density at radius 1 is 0.650 bits per heavy atom. The molecular formula is C31H43N3O6. The summed E-state index contributed by atoms with van der Waals surface area (Å²) in [4.78, 5) is 52.4. The highest BCUT2D eigenvalue weighted by Crippen LogP contribution is 2.10. The Labute approximate surface area is 237 Å². The summed E-state index contributed by atoms with van der Waals surface area (Å²) in [5, 5.41) is 5.49. The lowest BCUT2D eigenvalue weighted by molar-refractivity contribution is -0.149. The summed E-state index contributed by atoms with van der Waals surface area (Å²) in [7, 11) is 1.62. The molecule has 0 aromatic heterocycles. The Morgan fingerprint density at radius 3 is 1.32 bits per heavy atom. The average molecular weight is 554 g/mol. The van der Waals surface area contributed by atoms with Crippen molar-refractivity contribution in [1.29, 1.82) is 0 Å². The van der Waals surface area contributed by atoms with Crippen molar-refractivity contribution in [3.63, 3.8) is 0 Å². The second-order valence-electron chi connectivity index (χ2n) is 10.9. The smallest absolute Gasteiger partial charge is 0.328 e. The molecule has 2 rings (SSSR count). The van der Waals surface area contributed by atoms with Crippen molar-refractivity contribution >= 4 is 23.8 Å². The lowest BCUT2D eigenvalue weighted by Crippen LogP contribution is -2.49. The molecule has 0 heterocycles. The van der Waals surface area contributed by atoms with Gasteiger partial charge in [0.2, 0.25) is 11.8 Å². The zero-order valence-electron chi connectivity index (χ0n) is 24.2. The fourth-order valence-corrected chi connectivity index (χ4v) is 4.06. The Morgan fingerprint density at radius 2 is 1.00 bits per heavy atom. The van der Waals surface area contributed by atoms with Crippen LogP contribution in [0.4, 0.5) is 0 Å². The minimum Gasteiger partial charge on any atom is -0.459 e. The molecule has 2 amide bonds. The van der Waals surface area contributed by atoms with Crippen LogP contribution >= 0.6 is 0 Å². The van der Waals surface area contributed by atoms with E-state index >= 15 is 0 Å². The zero-order chi connectivity index (χ0) is 29.5. The number of ether oxygens (including phenoxy) is 2. The molecule has 2 aromatic carbocycles. The van der Waals surface area contributed by atoms with Crippen LogP contribution in [0, 0.1) is 11.8 Å². The first-order valence-corrected chi connectivity index (χ1v) is 13.7. The third kappa shape index (κ3) is 12.9. The maximum atomic E-state index is 12.7. The molecule has 2 atom stereocenters. The van der Waals surface area contributed by atoms with E-state index in [1.54, 1.807) is 7.05 Å². The van der Waals surface area contributed by atoms with Gasteiger partial charge >= 0.3 is 11.9 Å². The van der Waals surface area contributed by atoms with Crippen molar-refractivity contribution in [2.75, 3.05) is 20.1 Å². The predicted octanol–water partition coefficient (Wildman–Crippen LogP) is 3.47. The summed E-state index contributed by atoms with van der Waals surface area (Å²) in [6, 6.07) is 17.1. The van der Waals surface area contributed by atoms with Gasteiger partial charge in [-0.2, -0.15) is 0 Å². The fraction of sp³-hybridized carbons (Fsp3) is 0.484. The third-order valence-corrected chi connectivity index (χ3v) is 5.93. The zero-order valence-corrected chi connectivity index (χ0v) is 24.2. The number of likely N-dealkylation sites (N-methyl/N-ethyl adjacent to an activating group) is 1. The molecule has 0 bridgehead atoms. The van der Waals surface area contributed by atoms with Gasteiger partial charge in [0.1, 0.15) is 25.3 Å². The van der Waals surface area contributed by atoms with Crippen molar-refractivity contribution in [3.05, 3.63) is 71.8 Å². The molecule has 0 aliphatic rings. The summed E-state index contributed by atoms with van der Waals surface area (Å²) in [6.07, 6.45) is 0.844. The minimum atomic E-state index is -0.798. The molecule has 0 radical (unpaired) electrons. The Bertz CT molecular complexity index is 989. The van der Waals surface area contributed by atoms with E-state index in [1.165, 1.54) is 4.90 Å². The molecule has 2 aromatic rings. The monoisotopic (exact) mass is 553 g/mol. The number of benzene rings is 2. The van der Waals surface area contributed by atoms with Gasteiger partial charge in [0.05, 0.1) is 13.1 Å². The van der Waals surface area contributed by atoms with Gasteiger partial charge in [0.15, 0.2) is 0 Å². The quantitative estimate of drug-likeness (QED) is 0.306. The number of carbonyl (C=O) groups is 4. The van der Waals surface area contributed by atoms with Crippen LogP contribution < -0.4 is 10.6 Å². The number of carbonyl (C=O) groups excluding carboxylic acids is 4. The molecule has 218 valence electrons. The summed E-state index contributed by atoms with van der Waals surface area (Å²) < 4.78 is 10.9. The van der Waals surface area contributed by atoms with E-state index in [2.05, 4.69) is 10.6 Å². The van der Waals surface area contributed by atoms with E-state index in [-0.39, 0.29) is 38.1 Å². The molecule has 9 heteroatoms. The molecule has 9 nitrogen and oxygen atoms in total. The van der Waals surface area contributed by atoms with Gasteiger partial charge in [-0.1, -0.05) is 88.4 Å². The van der Waals surface area contributed by atoms with E-state index in [1.807, 2.05) is 88.4 Å². The van der Waals surface area contributed by atoms with Gasteiger partial charge in [-0.05, 0) is 42.9 Å². The molecule has 0 unspecified atom stereocenters. The second kappa shape index (κ2) is 17.1. The highest BCUT2D eigenvalue weighted by molar-refractivity contribution is 5.87. The van der Waals surface area contributed by atoms with Crippen LogP contribution in [0.3, 0.4) is 0 Å². The lowest BCUT2D eigenvalue weighted by Gasteiger charge is -2.23. The van der Waals surface area contributed by atoms with Crippen LogP contribution in [0.15, 0.2) is 60.7 Å². The molecule has 0 saturated heterocycles. The Kier molecular flexibility index (Phi) is 13.9. The number of hydrogen-bond donors (Lipinski definition) is 2. The van der Waals surface area contributed by atoms with Gasteiger partial charge in [0, 0.05) is 0 Å². The predicted molar refractivity (Wildman–Crippen MR) is 153 cm³/mol. The lowest BCUT2D eigenvalue weighted by atomic mass is 10.0.